The molecule has 2 aliphatic rings. The SMILES string of the molecule is Cn1nccc1C(=O)N(CC1CCCN1)C1CC1. The van der Waals surface area contributed by atoms with Crippen LogP contribution in [-0.4, -0.2) is 45.8 Å². The van der Waals surface area contributed by atoms with Crippen LogP contribution >= 0.6 is 0 Å². The lowest BCUT2D eigenvalue weighted by Crippen LogP contribution is -2.43. The number of nitrogens with one attached hydrogen (secondary N) is 1. The fraction of sp³-hybridized carbons (Fsp3) is 0.692. The van der Waals surface area contributed by atoms with Crippen molar-refractivity contribution in [2.24, 2.45) is 7.05 Å². The molecule has 98 valence electrons. The largest absolute Gasteiger partial charge is 0.333 e. The van der Waals surface area contributed by atoms with Gasteiger partial charge in [0, 0.05) is 31.9 Å². The van der Waals surface area contributed by atoms with Gasteiger partial charge in [0.25, 0.3) is 5.91 Å². The maximum Gasteiger partial charge on any atom is 0.272 e. The number of hydrogen-bond acceptors (Lipinski definition) is 3. The monoisotopic (exact) mass is 248 g/mol. The molecule has 1 saturated heterocycles. The lowest BCUT2D eigenvalue weighted by Gasteiger charge is -2.25. The Bertz CT molecular complexity index is 432. The van der Waals surface area contributed by atoms with E-state index in [1.807, 2.05) is 11.9 Å². The number of aromatic nitrogens is 2. The van der Waals surface area contributed by atoms with E-state index in [-0.39, 0.29) is 5.91 Å². The van der Waals surface area contributed by atoms with Crippen molar-refractivity contribution in [1.82, 2.24) is 20.0 Å². The topological polar surface area (TPSA) is 50.2 Å². The molecule has 0 aromatic carbocycles. The molecule has 3 rings (SSSR count). The van der Waals surface area contributed by atoms with Crippen LogP contribution in [0.5, 0.6) is 0 Å². The van der Waals surface area contributed by atoms with Crippen LogP contribution in [0.1, 0.15) is 36.2 Å². The summed E-state index contributed by atoms with van der Waals surface area (Å²) < 4.78 is 1.67. The molecule has 1 saturated carbocycles. The highest BCUT2D eigenvalue weighted by Crippen LogP contribution is 2.29. The van der Waals surface area contributed by atoms with Crippen LogP contribution in [0.2, 0.25) is 0 Å². The van der Waals surface area contributed by atoms with Gasteiger partial charge in [0.2, 0.25) is 0 Å². The van der Waals surface area contributed by atoms with E-state index in [4.69, 9.17) is 0 Å². The van der Waals surface area contributed by atoms with E-state index in [9.17, 15) is 4.79 Å². The normalized spacial score (nSPS) is 23.3. The minimum Gasteiger partial charge on any atom is -0.333 e. The predicted molar refractivity (Wildman–Crippen MR) is 68.3 cm³/mol. The lowest BCUT2D eigenvalue weighted by atomic mass is 10.2. The fourth-order valence-corrected chi connectivity index (χ4v) is 2.66. The number of aryl methyl sites for hydroxylation is 1. The summed E-state index contributed by atoms with van der Waals surface area (Å²) in [6.07, 6.45) is 6.39. The van der Waals surface area contributed by atoms with Gasteiger partial charge in [-0.1, -0.05) is 0 Å². The Labute approximate surface area is 107 Å². The first-order valence-electron chi connectivity index (χ1n) is 6.78. The maximum absolute atomic E-state index is 12.5. The Morgan fingerprint density at radius 2 is 2.39 bits per heavy atom. The van der Waals surface area contributed by atoms with Gasteiger partial charge in [-0.05, 0) is 38.3 Å². The molecule has 1 unspecified atom stereocenters. The van der Waals surface area contributed by atoms with Gasteiger partial charge < -0.3 is 10.2 Å². The molecule has 1 aliphatic heterocycles. The minimum absolute atomic E-state index is 0.131. The third kappa shape index (κ3) is 2.27. The van der Waals surface area contributed by atoms with Crippen LogP contribution in [0.4, 0.5) is 0 Å². The minimum atomic E-state index is 0.131. The molecule has 1 aromatic rings. The summed E-state index contributed by atoms with van der Waals surface area (Å²) >= 11 is 0. The first-order chi connectivity index (χ1) is 8.75. The third-order valence-corrected chi connectivity index (χ3v) is 3.87. The van der Waals surface area contributed by atoms with Crippen LogP contribution in [-0.2, 0) is 7.05 Å². The number of nitrogens with zero attached hydrogens (tertiary/aromatic N) is 3. The summed E-state index contributed by atoms with van der Waals surface area (Å²) in [6.45, 7) is 1.93. The number of amides is 1. The fourth-order valence-electron chi connectivity index (χ4n) is 2.66. The highest BCUT2D eigenvalue weighted by Gasteiger charge is 2.35. The Hall–Kier alpha value is -1.36. The van der Waals surface area contributed by atoms with Crippen LogP contribution in [0.15, 0.2) is 12.3 Å². The van der Waals surface area contributed by atoms with Crippen molar-refractivity contribution in [3.63, 3.8) is 0 Å². The van der Waals surface area contributed by atoms with Crippen molar-refractivity contribution < 1.29 is 4.79 Å². The predicted octanol–water partition coefficient (Wildman–Crippen LogP) is 0.777. The van der Waals surface area contributed by atoms with Gasteiger partial charge in [-0.3, -0.25) is 9.48 Å². The molecule has 5 nitrogen and oxygen atoms in total. The Balaban J connectivity index is 1.73. The molecule has 0 spiro atoms. The molecule has 5 heteroatoms. The summed E-state index contributed by atoms with van der Waals surface area (Å²) in [6, 6.07) is 2.73. The summed E-state index contributed by atoms with van der Waals surface area (Å²) in [7, 11) is 1.83. The van der Waals surface area contributed by atoms with E-state index < -0.39 is 0 Å². The van der Waals surface area contributed by atoms with E-state index in [1.54, 1.807) is 16.9 Å². The van der Waals surface area contributed by atoms with E-state index in [1.165, 1.54) is 12.8 Å². The first-order valence-corrected chi connectivity index (χ1v) is 6.78. The molecular formula is C13H20N4O. The van der Waals surface area contributed by atoms with E-state index in [0.29, 0.717) is 17.8 Å². The van der Waals surface area contributed by atoms with Crippen LogP contribution in [0.3, 0.4) is 0 Å². The average Bonchev–Trinajstić information content (AvgIpc) is 2.89. The maximum atomic E-state index is 12.5. The quantitative estimate of drug-likeness (QED) is 0.856. The van der Waals surface area contributed by atoms with Crippen molar-refractivity contribution in [1.29, 1.82) is 0 Å². The molecule has 0 radical (unpaired) electrons. The molecule has 0 bridgehead atoms. The van der Waals surface area contributed by atoms with Gasteiger partial charge in [0.15, 0.2) is 0 Å². The van der Waals surface area contributed by atoms with Gasteiger partial charge in [-0.15, -0.1) is 0 Å². The van der Waals surface area contributed by atoms with Crippen LogP contribution in [0, 0.1) is 0 Å². The molecule has 1 aliphatic carbocycles. The summed E-state index contributed by atoms with van der Waals surface area (Å²) in [4.78, 5) is 14.6. The lowest BCUT2D eigenvalue weighted by molar-refractivity contribution is 0.0717. The second-order valence-corrected chi connectivity index (χ2v) is 5.32. The van der Waals surface area contributed by atoms with Crippen LogP contribution < -0.4 is 5.32 Å². The zero-order valence-corrected chi connectivity index (χ0v) is 10.8. The van der Waals surface area contributed by atoms with E-state index in [0.717, 1.165) is 25.9 Å². The molecule has 1 atom stereocenters. The summed E-state index contributed by atoms with van der Waals surface area (Å²) in [5.41, 5.74) is 0.694. The van der Waals surface area contributed by atoms with E-state index >= 15 is 0 Å². The van der Waals surface area contributed by atoms with E-state index in [2.05, 4.69) is 10.4 Å². The molecule has 1 amide bonds. The second kappa shape index (κ2) is 4.72. The Morgan fingerprint density at radius 3 is 2.94 bits per heavy atom. The highest BCUT2D eigenvalue weighted by molar-refractivity contribution is 5.93. The van der Waals surface area contributed by atoms with Crippen molar-refractivity contribution in [3.8, 4) is 0 Å². The first kappa shape index (κ1) is 11.7. The van der Waals surface area contributed by atoms with Gasteiger partial charge in [-0.2, -0.15) is 5.10 Å². The third-order valence-electron chi connectivity index (χ3n) is 3.87. The smallest absolute Gasteiger partial charge is 0.272 e. The van der Waals surface area contributed by atoms with Gasteiger partial charge in [0.05, 0.1) is 0 Å². The van der Waals surface area contributed by atoms with Gasteiger partial charge in [-0.25, -0.2) is 0 Å². The van der Waals surface area contributed by atoms with Crippen LogP contribution in [0.25, 0.3) is 0 Å². The number of carbonyl (C=O) groups is 1. The van der Waals surface area contributed by atoms with Crippen molar-refractivity contribution in [2.45, 2.75) is 37.8 Å². The molecule has 1 N–H and O–H groups in total. The highest BCUT2D eigenvalue weighted by atomic mass is 16.2. The Morgan fingerprint density at radius 1 is 1.56 bits per heavy atom. The molecule has 2 heterocycles. The summed E-state index contributed by atoms with van der Waals surface area (Å²) in [5.74, 6) is 0.131. The number of carbonyl (C=O) groups excluding carboxylic acids is 1. The van der Waals surface area contributed by atoms with Gasteiger partial charge in [0.1, 0.15) is 5.69 Å². The van der Waals surface area contributed by atoms with Crippen molar-refractivity contribution in [3.05, 3.63) is 18.0 Å². The Kier molecular flexibility index (Phi) is 3.07. The average molecular weight is 248 g/mol. The zero-order chi connectivity index (χ0) is 12.5. The number of hydrogen-bond donors (Lipinski definition) is 1. The summed E-state index contributed by atoms with van der Waals surface area (Å²) in [5, 5.41) is 7.55. The molecule has 1 aromatic heterocycles. The van der Waals surface area contributed by atoms with Crippen molar-refractivity contribution >= 4 is 5.91 Å². The van der Waals surface area contributed by atoms with Gasteiger partial charge >= 0.3 is 0 Å². The molecule has 2 fully saturated rings. The van der Waals surface area contributed by atoms with Crippen molar-refractivity contribution in [2.75, 3.05) is 13.1 Å². The number of rotatable bonds is 4. The second-order valence-electron chi connectivity index (χ2n) is 5.32. The molecular weight excluding hydrogens is 228 g/mol. The molecule has 18 heavy (non-hydrogen) atoms. The standard InChI is InChI=1S/C13H20N4O/c1-16-12(6-8-15-16)13(18)17(11-4-5-11)9-10-3-2-7-14-10/h6,8,10-11,14H,2-5,7,9H2,1H3. The zero-order valence-electron chi connectivity index (χ0n) is 10.8.